The van der Waals surface area contributed by atoms with Crippen molar-refractivity contribution in [1.82, 2.24) is 14.8 Å². The van der Waals surface area contributed by atoms with Gasteiger partial charge < -0.3 is 16.0 Å². The fourth-order valence-corrected chi connectivity index (χ4v) is 8.49. The van der Waals surface area contributed by atoms with Crippen LogP contribution in [-0.4, -0.2) is 52.3 Å². The maximum Gasteiger partial charge on any atom is 0.257 e. The highest BCUT2D eigenvalue weighted by Gasteiger charge is 2.50. The highest BCUT2D eigenvalue weighted by atomic mass is 16.2. The molecule has 2 aromatic carbocycles. The normalized spacial score (nSPS) is 27.4. The molecule has 1 atom stereocenters. The summed E-state index contributed by atoms with van der Waals surface area (Å²) in [7, 11) is 0. The van der Waals surface area contributed by atoms with Crippen LogP contribution < -0.4 is 11.1 Å². The molecule has 0 spiro atoms. The second-order valence-electron chi connectivity index (χ2n) is 13.7. The topological polar surface area (TPSA) is 91.6 Å². The predicted octanol–water partition coefficient (Wildman–Crippen LogP) is 5.83. The average Bonchev–Trinajstić information content (AvgIpc) is 3.01. The third-order valence-corrected chi connectivity index (χ3v) is 10.4. The number of nitrogen functional groups attached to an aromatic ring is 1. The summed E-state index contributed by atoms with van der Waals surface area (Å²) >= 11 is 0. The van der Waals surface area contributed by atoms with E-state index in [1.54, 1.807) is 18.3 Å². The first kappa shape index (κ1) is 28.6. The number of nitrogens with zero attached hydrogens (tertiary/aromatic N) is 3. The molecular formula is C37H41N5O2. The van der Waals surface area contributed by atoms with E-state index in [0.29, 0.717) is 24.2 Å². The van der Waals surface area contributed by atoms with Crippen LogP contribution in [0, 0.1) is 35.0 Å². The Hall–Kier alpha value is -4.15. The molecule has 2 heterocycles. The minimum atomic E-state index is -0.126. The number of amides is 2. The largest absolute Gasteiger partial charge is 0.383 e. The summed E-state index contributed by atoms with van der Waals surface area (Å²) < 4.78 is 0. The van der Waals surface area contributed by atoms with Crippen molar-refractivity contribution < 1.29 is 9.59 Å². The molecule has 8 rings (SSSR count). The molecule has 1 unspecified atom stereocenters. The van der Waals surface area contributed by atoms with Gasteiger partial charge in [0.25, 0.3) is 11.8 Å². The Labute approximate surface area is 260 Å². The van der Waals surface area contributed by atoms with E-state index < -0.39 is 0 Å². The molecule has 4 saturated carbocycles. The standard InChI is InChI=1S/C37H41N5O2/c1-25-23-42(36(44)33-3-2-14-39-34(33)38)16-15-41(25)24-27-4-8-31(9-5-27)35(43)40-32-10-6-26(7-11-32)12-13-37-20-28-17-29(21-37)19-30(18-28)22-37/h2-11,14,25,28-30H,15-24H2,1H3,(H2,38,39)(H,40,43). The van der Waals surface area contributed by atoms with Crippen molar-refractivity contribution in [3.63, 3.8) is 0 Å². The SMILES string of the molecule is CC1CN(C(=O)c2cccnc2N)CCN1Cc1ccc(C(=O)Nc2ccc(C#CC34CC5CC(CC(C5)C3)C4)cc2)cc1. The third kappa shape index (κ3) is 5.96. The van der Waals surface area contributed by atoms with Gasteiger partial charge in [0.05, 0.1) is 5.56 Å². The van der Waals surface area contributed by atoms with Crippen molar-refractivity contribution in [3.05, 3.63) is 89.1 Å². The number of carbonyl (C=O) groups excluding carboxylic acids is 2. The molecule has 44 heavy (non-hydrogen) atoms. The Kier molecular flexibility index (Phi) is 7.63. The summed E-state index contributed by atoms with van der Waals surface area (Å²) in [6.07, 6.45) is 9.76. The van der Waals surface area contributed by atoms with Gasteiger partial charge in [-0.3, -0.25) is 14.5 Å². The molecule has 7 nitrogen and oxygen atoms in total. The lowest BCUT2D eigenvalue weighted by Crippen LogP contribution is -2.53. The van der Waals surface area contributed by atoms with Gasteiger partial charge in [-0.15, -0.1) is 0 Å². The Morgan fingerprint density at radius 1 is 0.955 bits per heavy atom. The monoisotopic (exact) mass is 587 g/mol. The third-order valence-electron chi connectivity index (χ3n) is 10.4. The summed E-state index contributed by atoms with van der Waals surface area (Å²) in [5, 5.41) is 3.03. The highest BCUT2D eigenvalue weighted by Crippen LogP contribution is 2.59. The van der Waals surface area contributed by atoms with Gasteiger partial charge in [-0.2, -0.15) is 0 Å². The number of anilines is 2. The number of aromatic nitrogens is 1. The van der Waals surface area contributed by atoms with Crippen LogP contribution in [0.3, 0.4) is 0 Å². The molecule has 1 aliphatic heterocycles. The smallest absolute Gasteiger partial charge is 0.257 e. The zero-order valence-electron chi connectivity index (χ0n) is 25.5. The van der Waals surface area contributed by atoms with Crippen molar-refractivity contribution in [3.8, 4) is 11.8 Å². The van der Waals surface area contributed by atoms with E-state index in [2.05, 4.69) is 34.0 Å². The van der Waals surface area contributed by atoms with E-state index in [-0.39, 0.29) is 29.1 Å². The number of carbonyl (C=O) groups is 2. The van der Waals surface area contributed by atoms with Crippen LogP contribution in [0.4, 0.5) is 11.5 Å². The Balaban J connectivity index is 0.913. The molecule has 3 aromatic rings. The Morgan fingerprint density at radius 3 is 2.27 bits per heavy atom. The van der Waals surface area contributed by atoms with Gasteiger partial charge in [-0.05, 0) is 117 Å². The fraction of sp³-hybridized carbons (Fsp3) is 0.432. The molecule has 1 saturated heterocycles. The first-order valence-corrected chi connectivity index (χ1v) is 16.1. The van der Waals surface area contributed by atoms with Crippen molar-refractivity contribution in [2.45, 2.75) is 58.0 Å². The number of hydrogen-bond donors (Lipinski definition) is 2. The van der Waals surface area contributed by atoms with Crippen LogP contribution in [0.25, 0.3) is 0 Å². The zero-order chi connectivity index (χ0) is 30.3. The summed E-state index contributed by atoms with van der Waals surface area (Å²) in [6.45, 7) is 4.91. The number of nitrogens with two attached hydrogens (primary N) is 1. The van der Waals surface area contributed by atoms with Crippen LogP contribution in [0.5, 0.6) is 0 Å². The second-order valence-corrected chi connectivity index (χ2v) is 13.7. The lowest BCUT2D eigenvalue weighted by Gasteiger charge is -2.54. The molecule has 4 aliphatic carbocycles. The van der Waals surface area contributed by atoms with Gasteiger partial charge in [-0.25, -0.2) is 4.98 Å². The predicted molar refractivity (Wildman–Crippen MR) is 173 cm³/mol. The number of pyridine rings is 1. The Bertz CT molecular complexity index is 1570. The second kappa shape index (κ2) is 11.7. The van der Waals surface area contributed by atoms with Gasteiger partial charge in [0.15, 0.2) is 0 Å². The molecule has 3 N–H and O–H groups in total. The maximum atomic E-state index is 13.0. The molecule has 5 aliphatic rings. The van der Waals surface area contributed by atoms with Crippen LogP contribution in [0.15, 0.2) is 66.9 Å². The molecule has 2 amide bonds. The van der Waals surface area contributed by atoms with E-state index in [0.717, 1.165) is 47.7 Å². The highest BCUT2D eigenvalue weighted by molar-refractivity contribution is 6.04. The Morgan fingerprint density at radius 2 is 1.64 bits per heavy atom. The average molecular weight is 588 g/mol. The molecular weight excluding hydrogens is 546 g/mol. The molecule has 5 fully saturated rings. The van der Waals surface area contributed by atoms with Gasteiger partial charge in [0.1, 0.15) is 5.82 Å². The number of benzene rings is 2. The first-order valence-electron chi connectivity index (χ1n) is 16.1. The quantitative estimate of drug-likeness (QED) is 0.367. The summed E-state index contributed by atoms with van der Waals surface area (Å²) in [6, 6.07) is 19.4. The van der Waals surface area contributed by atoms with Crippen molar-refractivity contribution in [1.29, 1.82) is 0 Å². The minimum absolute atomic E-state index is 0.0717. The molecule has 1 aromatic heterocycles. The molecule has 4 bridgehead atoms. The summed E-state index contributed by atoms with van der Waals surface area (Å²) in [5.41, 5.74) is 10.2. The van der Waals surface area contributed by atoms with Crippen LogP contribution in [-0.2, 0) is 6.54 Å². The van der Waals surface area contributed by atoms with Crippen molar-refractivity contribution >= 4 is 23.3 Å². The van der Waals surface area contributed by atoms with Gasteiger partial charge in [0, 0.05) is 60.6 Å². The van der Waals surface area contributed by atoms with E-state index in [9.17, 15) is 9.59 Å². The maximum absolute atomic E-state index is 13.0. The lowest BCUT2D eigenvalue weighted by atomic mass is 9.50. The zero-order valence-corrected chi connectivity index (χ0v) is 25.5. The first-order chi connectivity index (χ1) is 21.3. The fourth-order valence-electron chi connectivity index (χ4n) is 8.49. The lowest BCUT2D eigenvalue weighted by molar-refractivity contribution is -0.0181. The van der Waals surface area contributed by atoms with E-state index in [4.69, 9.17) is 5.73 Å². The van der Waals surface area contributed by atoms with E-state index >= 15 is 0 Å². The number of hydrogen-bond acceptors (Lipinski definition) is 5. The van der Waals surface area contributed by atoms with Crippen molar-refractivity contribution in [2.75, 3.05) is 30.7 Å². The van der Waals surface area contributed by atoms with Crippen LogP contribution in [0.1, 0.15) is 77.3 Å². The van der Waals surface area contributed by atoms with Crippen LogP contribution in [0.2, 0.25) is 0 Å². The van der Waals surface area contributed by atoms with Crippen molar-refractivity contribution in [2.24, 2.45) is 23.2 Å². The van der Waals surface area contributed by atoms with E-state index in [1.807, 2.05) is 53.4 Å². The van der Waals surface area contributed by atoms with Gasteiger partial charge >= 0.3 is 0 Å². The molecule has 0 radical (unpaired) electrons. The summed E-state index contributed by atoms with van der Waals surface area (Å²) in [4.78, 5) is 34.2. The van der Waals surface area contributed by atoms with Crippen LogP contribution >= 0.6 is 0 Å². The molecule has 226 valence electrons. The number of nitrogens with one attached hydrogen (secondary N) is 1. The van der Waals surface area contributed by atoms with E-state index in [1.165, 1.54) is 38.5 Å². The number of piperazine rings is 1. The number of rotatable bonds is 5. The van der Waals surface area contributed by atoms with Gasteiger partial charge in [0.2, 0.25) is 0 Å². The summed E-state index contributed by atoms with van der Waals surface area (Å²) in [5.74, 6) is 9.97. The minimum Gasteiger partial charge on any atom is -0.383 e. The van der Waals surface area contributed by atoms with Gasteiger partial charge in [-0.1, -0.05) is 24.0 Å². The molecule has 7 heteroatoms.